The van der Waals surface area contributed by atoms with Crippen molar-refractivity contribution in [3.63, 3.8) is 0 Å². The van der Waals surface area contributed by atoms with Gasteiger partial charge in [0.25, 0.3) is 9.05 Å². The Balaban J connectivity index is 3.51. The van der Waals surface area contributed by atoms with Crippen molar-refractivity contribution < 1.29 is 27.8 Å². The molecule has 0 fully saturated rings. The summed E-state index contributed by atoms with van der Waals surface area (Å²) >= 11 is 0. The van der Waals surface area contributed by atoms with E-state index < -0.39 is 21.4 Å². The van der Waals surface area contributed by atoms with Crippen LogP contribution in [0.5, 0.6) is 11.5 Å². The number of carboxylic acids is 1. The van der Waals surface area contributed by atoms with Crippen LogP contribution in [0.25, 0.3) is 0 Å². The summed E-state index contributed by atoms with van der Waals surface area (Å²) in [5.74, 6) is -0.785. The van der Waals surface area contributed by atoms with Crippen LogP contribution in [0.2, 0.25) is 0 Å². The van der Waals surface area contributed by atoms with Crippen LogP contribution in [0.1, 0.15) is 5.56 Å². The second-order valence-corrected chi connectivity index (χ2v) is 5.86. The van der Waals surface area contributed by atoms with Gasteiger partial charge in [0, 0.05) is 16.7 Å². The molecule has 0 saturated heterocycles. The molecule has 6 nitrogen and oxygen atoms in total. The van der Waals surface area contributed by atoms with E-state index >= 15 is 0 Å². The van der Waals surface area contributed by atoms with Crippen LogP contribution in [0.4, 0.5) is 0 Å². The van der Waals surface area contributed by atoms with Gasteiger partial charge in [-0.2, -0.15) is 0 Å². The molecule has 0 radical (unpaired) electrons. The Morgan fingerprint density at radius 1 is 1.28 bits per heavy atom. The first-order valence-corrected chi connectivity index (χ1v) is 7.02. The molecular weight excluding hydrogens is 284 g/mol. The lowest BCUT2D eigenvalue weighted by Gasteiger charge is -2.12. The quantitative estimate of drug-likeness (QED) is 0.822. The monoisotopic (exact) mass is 294 g/mol. The third-order valence-corrected chi connectivity index (χ3v) is 3.58. The van der Waals surface area contributed by atoms with Gasteiger partial charge in [0.15, 0.2) is 11.5 Å². The fourth-order valence-electron chi connectivity index (χ4n) is 1.43. The first kappa shape index (κ1) is 14.6. The van der Waals surface area contributed by atoms with E-state index in [9.17, 15) is 13.2 Å². The lowest BCUT2D eigenvalue weighted by Crippen LogP contribution is -2.06. The minimum atomic E-state index is -4.06. The average Bonchev–Trinajstić information content (AvgIpc) is 2.26. The van der Waals surface area contributed by atoms with Crippen LogP contribution in [0.15, 0.2) is 17.0 Å². The van der Waals surface area contributed by atoms with Crippen molar-refractivity contribution in [3.8, 4) is 11.5 Å². The van der Waals surface area contributed by atoms with E-state index in [1.54, 1.807) is 0 Å². The van der Waals surface area contributed by atoms with Crippen LogP contribution in [-0.2, 0) is 20.3 Å². The topological polar surface area (TPSA) is 89.9 Å². The van der Waals surface area contributed by atoms with Gasteiger partial charge in [-0.15, -0.1) is 0 Å². The highest BCUT2D eigenvalue weighted by Gasteiger charge is 2.21. The van der Waals surface area contributed by atoms with Crippen molar-refractivity contribution in [1.82, 2.24) is 0 Å². The summed E-state index contributed by atoms with van der Waals surface area (Å²) in [6.45, 7) is 0. The number of rotatable bonds is 5. The molecule has 0 saturated carbocycles. The number of aliphatic carboxylic acids is 1. The van der Waals surface area contributed by atoms with Gasteiger partial charge in [0.05, 0.1) is 25.5 Å². The number of carbonyl (C=O) groups is 1. The zero-order valence-electron chi connectivity index (χ0n) is 9.64. The largest absolute Gasteiger partial charge is 0.493 e. The number of benzene rings is 1. The van der Waals surface area contributed by atoms with E-state index in [4.69, 9.17) is 25.3 Å². The van der Waals surface area contributed by atoms with Crippen LogP contribution in [0, 0.1) is 0 Å². The molecule has 18 heavy (non-hydrogen) atoms. The number of ether oxygens (including phenoxy) is 2. The van der Waals surface area contributed by atoms with Crippen LogP contribution in [0.3, 0.4) is 0 Å². The SMILES string of the molecule is COc1cc(CC(=O)O)c(S(=O)(=O)Cl)cc1OC. The molecule has 1 aromatic carbocycles. The van der Waals surface area contributed by atoms with Gasteiger partial charge in [-0.25, -0.2) is 8.42 Å². The number of halogens is 1. The molecule has 0 spiro atoms. The molecule has 0 aromatic heterocycles. The second-order valence-electron chi connectivity index (χ2n) is 3.32. The van der Waals surface area contributed by atoms with Crippen molar-refractivity contribution in [2.75, 3.05) is 14.2 Å². The van der Waals surface area contributed by atoms with Crippen LogP contribution < -0.4 is 9.47 Å². The summed E-state index contributed by atoms with van der Waals surface area (Å²) in [5, 5.41) is 8.74. The highest BCUT2D eigenvalue weighted by molar-refractivity contribution is 8.13. The van der Waals surface area contributed by atoms with E-state index in [1.165, 1.54) is 20.3 Å². The Kier molecular flexibility index (Phi) is 4.42. The third-order valence-electron chi connectivity index (χ3n) is 2.17. The predicted molar refractivity (Wildman–Crippen MR) is 63.9 cm³/mol. The molecule has 0 bridgehead atoms. The van der Waals surface area contributed by atoms with E-state index in [-0.39, 0.29) is 22.0 Å². The van der Waals surface area contributed by atoms with E-state index in [0.29, 0.717) is 0 Å². The highest BCUT2D eigenvalue weighted by Crippen LogP contribution is 2.34. The van der Waals surface area contributed by atoms with Crippen molar-refractivity contribution in [3.05, 3.63) is 17.7 Å². The lowest BCUT2D eigenvalue weighted by molar-refractivity contribution is -0.136. The van der Waals surface area contributed by atoms with Crippen molar-refractivity contribution in [2.24, 2.45) is 0 Å². The molecule has 0 aliphatic heterocycles. The number of methoxy groups -OCH3 is 2. The van der Waals surface area contributed by atoms with E-state index in [1.807, 2.05) is 0 Å². The zero-order chi connectivity index (χ0) is 13.9. The van der Waals surface area contributed by atoms with Gasteiger partial charge in [-0.3, -0.25) is 4.79 Å². The summed E-state index contributed by atoms with van der Waals surface area (Å²) in [6, 6.07) is 2.42. The first-order valence-electron chi connectivity index (χ1n) is 4.71. The molecule has 8 heteroatoms. The van der Waals surface area contributed by atoms with Gasteiger partial charge in [0.1, 0.15) is 0 Å². The van der Waals surface area contributed by atoms with Gasteiger partial charge in [-0.1, -0.05) is 0 Å². The fraction of sp³-hybridized carbons (Fsp3) is 0.300. The fourth-order valence-corrected chi connectivity index (χ4v) is 2.55. The molecular formula is C10H11ClO6S. The van der Waals surface area contributed by atoms with Crippen molar-refractivity contribution in [1.29, 1.82) is 0 Å². The molecule has 0 atom stereocenters. The maximum Gasteiger partial charge on any atom is 0.307 e. The summed E-state index contributed by atoms with van der Waals surface area (Å²) in [4.78, 5) is 10.4. The van der Waals surface area contributed by atoms with Gasteiger partial charge < -0.3 is 14.6 Å². The predicted octanol–water partition coefficient (Wildman–Crippen LogP) is 1.26. The average molecular weight is 295 g/mol. The molecule has 1 aromatic rings. The summed E-state index contributed by atoms with van der Waals surface area (Å²) < 4.78 is 32.7. The zero-order valence-corrected chi connectivity index (χ0v) is 11.2. The highest BCUT2D eigenvalue weighted by atomic mass is 35.7. The molecule has 100 valence electrons. The van der Waals surface area contributed by atoms with Crippen LogP contribution in [-0.4, -0.2) is 33.7 Å². The van der Waals surface area contributed by atoms with Crippen molar-refractivity contribution in [2.45, 2.75) is 11.3 Å². The summed E-state index contributed by atoms with van der Waals surface area (Å²) in [7, 11) is 3.88. The van der Waals surface area contributed by atoms with Crippen molar-refractivity contribution >= 4 is 25.7 Å². The molecule has 0 unspecified atom stereocenters. The smallest absolute Gasteiger partial charge is 0.307 e. The number of carboxylic acid groups (broad SMARTS) is 1. The maximum absolute atomic E-state index is 11.4. The van der Waals surface area contributed by atoms with Gasteiger partial charge in [0.2, 0.25) is 0 Å². The third kappa shape index (κ3) is 3.27. The molecule has 0 heterocycles. The lowest BCUT2D eigenvalue weighted by atomic mass is 10.1. The summed E-state index contributed by atoms with van der Waals surface area (Å²) in [6.07, 6.45) is -0.484. The second kappa shape index (κ2) is 5.45. The standard InChI is InChI=1S/C10H11ClO6S/c1-16-7-3-6(4-10(12)13)9(18(11,14)15)5-8(7)17-2/h3,5H,4H2,1-2H3,(H,12,13). The minimum absolute atomic E-state index is 0.0372. The van der Waals surface area contributed by atoms with Crippen LogP contribution >= 0.6 is 10.7 Å². The Labute approximate surface area is 109 Å². The normalized spacial score (nSPS) is 11.1. The molecule has 1 N–H and O–H groups in total. The Morgan fingerprint density at radius 3 is 2.17 bits per heavy atom. The maximum atomic E-state index is 11.4. The molecule has 0 aliphatic carbocycles. The first-order chi connectivity index (χ1) is 8.29. The van der Waals surface area contributed by atoms with E-state index in [2.05, 4.69) is 0 Å². The summed E-state index contributed by atoms with van der Waals surface area (Å²) in [5.41, 5.74) is 0.0372. The van der Waals surface area contributed by atoms with Gasteiger partial charge in [-0.05, 0) is 11.6 Å². The molecule has 0 amide bonds. The molecule has 0 aliphatic rings. The molecule has 1 rings (SSSR count). The number of hydrogen-bond donors (Lipinski definition) is 1. The number of hydrogen-bond acceptors (Lipinski definition) is 5. The minimum Gasteiger partial charge on any atom is -0.493 e. The Bertz CT molecular complexity index is 566. The van der Waals surface area contributed by atoms with E-state index in [0.717, 1.165) is 6.07 Å². The van der Waals surface area contributed by atoms with Gasteiger partial charge >= 0.3 is 5.97 Å². The Hall–Kier alpha value is -1.47. The Morgan fingerprint density at radius 2 is 1.78 bits per heavy atom.